The minimum Gasteiger partial charge on any atom is -0.480 e. The molecule has 1 amide bonds. The molecule has 7 nitrogen and oxygen atoms in total. The van der Waals surface area contributed by atoms with Crippen LogP contribution in [0.5, 0.6) is 5.75 Å². The van der Waals surface area contributed by atoms with Gasteiger partial charge in [-0.25, -0.2) is 4.98 Å². The summed E-state index contributed by atoms with van der Waals surface area (Å²) in [6.07, 6.45) is 1.40. The van der Waals surface area contributed by atoms with Crippen molar-refractivity contribution in [1.82, 2.24) is 4.98 Å². The van der Waals surface area contributed by atoms with E-state index in [0.717, 1.165) is 0 Å². The summed E-state index contributed by atoms with van der Waals surface area (Å²) in [5.41, 5.74) is 6.00. The summed E-state index contributed by atoms with van der Waals surface area (Å²) in [6, 6.07) is 1.56. The maximum Gasteiger partial charge on any atom is 0.326 e. The fourth-order valence-electron chi connectivity index (χ4n) is 1.60. The molecule has 0 bridgehead atoms. The van der Waals surface area contributed by atoms with Gasteiger partial charge in [0.15, 0.2) is 18.2 Å². The van der Waals surface area contributed by atoms with Crippen LogP contribution in [0.2, 0.25) is 0 Å². The van der Waals surface area contributed by atoms with Crippen LogP contribution in [0, 0.1) is 0 Å². The third-order valence-electron chi connectivity index (χ3n) is 2.35. The maximum atomic E-state index is 11.7. The molecule has 96 valence electrons. The first-order valence-corrected chi connectivity index (χ1v) is 5.46. The van der Waals surface area contributed by atoms with Gasteiger partial charge < -0.3 is 15.2 Å². The second-order valence-electron chi connectivity index (χ2n) is 3.66. The van der Waals surface area contributed by atoms with Crippen molar-refractivity contribution in [3.63, 3.8) is 0 Å². The Morgan fingerprint density at radius 2 is 2.44 bits per heavy atom. The number of carbonyl (C=O) groups excluding carboxylic acids is 2. The van der Waals surface area contributed by atoms with E-state index in [1.54, 1.807) is 13.0 Å². The van der Waals surface area contributed by atoms with Crippen molar-refractivity contribution in [2.45, 2.75) is 6.92 Å². The van der Waals surface area contributed by atoms with Crippen LogP contribution in [0.3, 0.4) is 0 Å². The molecule has 2 N–H and O–H groups in total. The highest BCUT2D eigenvalue weighted by Crippen LogP contribution is 2.30. The minimum absolute atomic E-state index is 0.141. The Hall–Kier alpha value is -2.31. The fourth-order valence-corrected chi connectivity index (χ4v) is 1.60. The van der Waals surface area contributed by atoms with Crippen LogP contribution >= 0.6 is 0 Å². The van der Waals surface area contributed by atoms with Crippen LogP contribution in [0.4, 0.5) is 11.5 Å². The van der Waals surface area contributed by atoms with Gasteiger partial charge in [0, 0.05) is 6.07 Å². The van der Waals surface area contributed by atoms with Gasteiger partial charge in [0.05, 0.1) is 18.5 Å². The Bertz CT molecular complexity index is 489. The Balaban J connectivity index is 2.25. The van der Waals surface area contributed by atoms with Crippen molar-refractivity contribution >= 4 is 23.4 Å². The summed E-state index contributed by atoms with van der Waals surface area (Å²) in [6.45, 7) is 1.64. The predicted octanol–water partition coefficient (Wildman–Crippen LogP) is -0.0477. The van der Waals surface area contributed by atoms with Crippen molar-refractivity contribution < 1.29 is 19.1 Å². The molecule has 1 aromatic heterocycles. The number of esters is 1. The number of aromatic nitrogens is 1. The van der Waals surface area contributed by atoms with Crippen LogP contribution in [-0.4, -0.2) is 36.6 Å². The van der Waals surface area contributed by atoms with Gasteiger partial charge in [0.1, 0.15) is 6.54 Å². The summed E-state index contributed by atoms with van der Waals surface area (Å²) in [5.74, 6) is -0.155. The number of nitrogens with zero attached hydrogens (tertiary/aromatic N) is 2. The molecule has 0 unspecified atom stereocenters. The second-order valence-corrected chi connectivity index (χ2v) is 3.66. The van der Waals surface area contributed by atoms with E-state index in [1.165, 1.54) is 11.1 Å². The van der Waals surface area contributed by atoms with E-state index < -0.39 is 5.97 Å². The van der Waals surface area contributed by atoms with E-state index in [9.17, 15) is 9.59 Å². The molecule has 0 atom stereocenters. The van der Waals surface area contributed by atoms with Crippen LogP contribution in [0.15, 0.2) is 12.3 Å². The molecule has 0 spiro atoms. The lowest BCUT2D eigenvalue weighted by Gasteiger charge is -2.27. The molecule has 0 saturated carbocycles. The van der Waals surface area contributed by atoms with E-state index in [2.05, 4.69) is 4.98 Å². The average Bonchev–Trinajstić information content (AvgIpc) is 2.33. The number of carbonyl (C=O) groups is 2. The van der Waals surface area contributed by atoms with E-state index in [4.69, 9.17) is 15.2 Å². The molecule has 0 radical (unpaired) electrons. The molecule has 1 aromatic rings. The highest BCUT2D eigenvalue weighted by atomic mass is 16.5. The molecule has 1 aliphatic rings. The number of anilines is 2. The number of fused-ring (bicyclic) bond motifs is 1. The summed E-state index contributed by atoms with van der Waals surface area (Å²) in [7, 11) is 0. The lowest BCUT2D eigenvalue weighted by molar-refractivity contribution is -0.142. The number of ether oxygens (including phenoxy) is 2. The third-order valence-corrected chi connectivity index (χ3v) is 2.35. The van der Waals surface area contributed by atoms with Gasteiger partial charge in [-0.15, -0.1) is 0 Å². The van der Waals surface area contributed by atoms with Crippen molar-refractivity contribution in [2.24, 2.45) is 0 Å². The number of rotatable bonds is 3. The molecule has 0 saturated heterocycles. The Labute approximate surface area is 103 Å². The predicted molar refractivity (Wildman–Crippen MR) is 63.1 cm³/mol. The molecular formula is C11H13N3O4. The smallest absolute Gasteiger partial charge is 0.326 e. The summed E-state index contributed by atoms with van der Waals surface area (Å²) < 4.78 is 10.0. The van der Waals surface area contributed by atoms with Gasteiger partial charge in [0.25, 0.3) is 5.91 Å². The summed E-state index contributed by atoms with van der Waals surface area (Å²) in [5, 5.41) is 0. The number of nitrogen functional groups attached to an aromatic ring is 1. The van der Waals surface area contributed by atoms with Crippen molar-refractivity contribution in [2.75, 3.05) is 30.4 Å². The molecule has 1 aliphatic heterocycles. The Morgan fingerprint density at radius 1 is 1.67 bits per heavy atom. The molecule has 0 aliphatic carbocycles. The van der Waals surface area contributed by atoms with Crippen LogP contribution in [0.25, 0.3) is 0 Å². The highest BCUT2D eigenvalue weighted by molar-refractivity contribution is 6.00. The van der Waals surface area contributed by atoms with Gasteiger partial charge in [-0.3, -0.25) is 14.5 Å². The number of nitrogens with two attached hydrogens (primary N) is 1. The SMILES string of the molecule is CCOC(=O)CN1C(=O)COc2cc(N)cnc21. The van der Waals surface area contributed by atoms with E-state index in [-0.39, 0.29) is 31.5 Å². The third kappa shape index (κ3) is 2.34. The zero-order valence-electron chi connectivity index (χ0n) is 9.88. The van der Waals surface area contributed by atoms with Crippen molar-refractivity contribution in [3.05, 3.63) is 12.3 Å². The van der Waals surface area contributed by atoms with Crippen LogP contribution in [0.1, 0.15) is 6.92 Å². The molecule has 18 heavy (non-hydrogen) atoms. The van der Waals surface area contributed by atoms with Gasteiger partial charge in [-0.2, -0.15) is 0 Å². The largest absolute Gasteiger partial charge is 0.480 e. The Morgan fingerprint density at radius 3 is 3.17 bits per heavy atom. The summed E-state index contributed by atoms with van der Waals surface area (Å²) >= 11 is 0. The molecular weight excluding hydrogens is 238 g/mol. The monoisotopic (exact) mass is 251 g/mol. The Kier molecular flexibility index (Phi) is 3.31. The lowest BCUT2D eigenvalue weighted by atomic mass is 10.3. The number of pyridine rings is 1. The van der Waals surface area contributed by atoms with Gasteiger partial charge >= 0.3 is 5.97 Å². The summed E-state index contributed by atoms with van der Waals surface area (Å²) in [4.78, 5) is 28.4. The highest BCUT2D eigenvalue weighted by Gasteiger charge is 2.29. The van der Waals surface area contributed by atoms with Gasteiger partial charge in [0.2, 0.25) is 0 Å². The van der Waals surface area contributed by atoms with Crippen molar-refractivity contribution in [1.29, 1.82) is 0 Å². The van der Waals surface area contributed by atoms with E-state index in [1.807, 2.05) is 0 Å². The number of amides is 1. The zero-order chi connectivity index (χ0) is 13.1. The molecule has 0 aromatic carbocycles. The topological polar surface area (TPSA) is 94.8 Å². The molecule has 0 fully saturated rings. The number of hydrogen-bond acceptors (Lipinski definition) is 6. The first-order valence-electron chi connectivity index (χ1n) is 5.46. The first kappa shape index (κ1) is 12.2. The fraction of sp³-hybridized carbons (Fsp3) is 0.364. The van der Waals surface area contributed by atoms with E-state index >= 15 is 0 Å². The molecule has 2 heterocycles. The van der Waals surface area contributed by atoms with E-state index in [0.29, 0.717) is 11.4 Å². The number of hydrogen-bond donors (Lipinski definition) is 1. The van der Waals surface area contributed by atoms with Crippen LogP contribution in [-0.2, 0) is 14.3 Å². The normalized spacial score (nSPS) is 13.8. The molecule has 2 rings (SSSR count). The second kappa shape index (κ2) is 4.91. The average molecular weight is 251 g/mol. The van der Waals surface area contributed by atoms with Crippen LogP contribution < -0.4 is 15.4 Å². The van der Waals surface area contributed by atoms with Gasteiger partial charge in [-0.05, 0) is 6.92 Å². The minimum atomic E-state index is -0.489. The van der Waals surface area contributed by atoms with Gasteiger partial charge in [-0.1, -0.05) is 0 Å². The quantitative estimate of drug-likeness (QED) is 0.757. The zero-order valence-corrected chi connectivity index (χ0v) is 9.88. The van der Waals surface area contributed by atoms with Crippen molar-refractivity contribution in [3.8, 4) is 5.75 Å². The lowest BCUT2D eigenvalue weighted by Crippen LogP contribution is -2.43. The first-order chi connectivity index (χ1) is 8.61. The maximum absolute atomic E-state index is 11.7. The molecule has 7 heteroatoms. The standard InChI is InChI=1S/C11H13N3O4/c1-2-17-10(16)5-14-9(15)6-18-8-3-7(12)4-13-11(8)14/h3-4H,2,5-6,12H2,1H3.